The molecule has 0 aliphatic rings. The van der Waals surface area contributed by atoms with E-state index in [1.54, 1.807) is 6.20 Å². The third-order valence-corrected chi connectivity index (χ3v) is 3.33. The molecule has 2 aromatic rings. The van der Waals surface area contributed by atoms with Crippen molar-refractivity contribution in [3.05, 3.63) is 42.1 Å². The molecule has 4 nitrogen and oxygen atoms in total. The van der Waals surface area contributed by atoms with Crippen molar-refractivity contribution in [2.24, 2.45) is 0 Å². The van der Waals surface area contributed by atoms with E-state index in [4.69, 9.17) is 0 Å². The Morgan fingerprint density at radius 1 is 1.24 bits per heavy atom. The largest absolute Gasteiger partial charge is 0.352 e. The van der Waals surface area contributed by atoms with E-state index in [9.17, 15) is 4.79 Å². The molecule has 0 aliphatic carbocycles. The number of rotatable bonds is 7. The molecule has 0 atom stereocenters. The maximum Gasteiger partial charge on any atom is 0.220 e. The predicted octanol–water partition coefficient (Wildman–Crippen LogP) is 2.63. The van der Waals surface area contributed by atoms with Crippen LogP contribution in [0, 0.1) is 0 Å². The Kier molecular flexibility index (Phi) is 5.69. The number of nitrogens with one attached hydrogen (secondary N) is 2. The third-order valence-electron chi connectivity index (χ3n) is 3.33. The fourth-order valence-electron chi connectivity index (χ4n) is 2.23. The SMILES string of the molecule is CC(C)NCCCC(=O)NCc1cccc2cccnc12. The summed E-state index contributed by atoms with van der Waals surface area (Å²) >= 11 is 0. The van der Waals surface area contributed by atoms with Crippen molar-refractivity contribution in [3.63, 3.8) is 0 Å². The van der Waals surface area contributed by atoms with E-state index < -0.39 is 0 Å². The van der Waals surface area contributed by atoms with E-state index in [0.29, 0.717) is 19.0 Å². The zero-order valence-corrected chi connectivity index (χ0v) is 12.7. The van der Waals surface area contributed by atoms with Crippen molar-refractivity contribution in [2.45, 2.75) is 39.3 Å². The molecule has 0 saturated carbocycles. The summed E-state index contributed by atoms with van der Waals surface area (Å²) in [6.07, 6.45) is 3.20. The van der Waals surface area contributed by atoms with Gasteiger partial charge in [0.15, 0.2) is 0 Å². The number of para-hydroxylation sites is 1. The van der Waals surface area contributed by atoms with E-state index in [-0.39, 0.29) is 5.91 Å². The quantitative estimate of drug-likeness (QED) is 0.769. The first-order chi connectivity index (χ1) is 10.2. The Hall–Kier alpha value is -1.94. The van der Waals surface area contributed by atoms with Gasteiger partial charge in [-0.3, -0.25) is 9.78 Å². The van der Waals surface area contributed by atoms with Gasteiger partial charge in [0.1, 0.15) is 0 Å². The topological polar surface area (TPSA) is 54.0 Å². The molecular formula is C17H23N3O. The number of hydrogen-bond donors (Lipinski definition) is 2. The van der Waals surface area contributed by atoms with Crippen molar-refractivity contribution in [3.8, 4) is 0 Å². The van der Waals surface area contributed by atoms with Gasteiger partial charge in [-0.15, -0.1) is 0 Å². The number of aromatic nitrogens is 1. The highest BCUT2D eigenvalue weighted by Crippen LogP contribution is 2.15. The first kappa shape index (κ1) is 15.4. The molecule has 0 radical (unpaired) electrons. The molecule has 0 bridgehead atoms. The number of hydrogen-bond acceptors (Lipinski definition) is 3. The van der Waals surface area contributed by atoms with Gasteiger partial charge in [-0.2, -0.15) is 0 Å². The minimum absolute atomic E-state index is 0.0912. The van der Waals surface area contributed by atoms with Gasteiger partial charge in [0.2, 0.25) is 5.91 Å². The number of carbonyl (C=O) groups is 1. The summed E-state index contributed by atoms with van der Waals surface area (Å²) in [7, 11) is 0. The minimum atomic E-state index is 0.0912. The van der Waals surface area contributed by atoms with Gasteiger partial charge in [0.25, 0.3) is 0 Å². The number of benzene rings is 1. The van der Waals surface area contributed by atoms with Crippen LogP contribution in [0.4, 0.5) is 0 Å². The summed E-state index contributed by atoms with van der Waals surface area (Å²) in [5.41, 5.74) is 2.02. The van der Waals surface area contributed by atoms with Crippen molar-refractivity contribution in [2.75, 3.05) is 6.54 Å². The van der Waals surface area contributed by atoms with Gasteiger partial charge in [0.05, 0.1) is 5.52 Å². The van der Waals surface area contributed by atoms with Crippen LogP contribution in [-0.4, -0.2) is 23.5 Å². The van der Waals surface area contributed by atoms with Crippen LogP contribution in [0.1, 0.15) is 32.3 Å². The van der Waals surface area contributed by atoms with Crippen LogP contribution in [0.3, 0.4) is 0 Å². The lowest BCUT2D eigenvalue weighted by molar-refractivity contribution is -0.121. The zero-order valence-electron chi connectivity index (χ0n) is 12.7. The van der Waals surface area contributed by atoms with Gasteiger partial charge in [-0.05, 0) is 24.6 Å². The van der Waals surface area contributed by atoms with E-state index in [0.717, 1.165) is 29.4 Å². The molecule has 0 spiro atoms. The second-order valence-electron chi connectivity index (χ2n) is 5.48. The summed E-state index contributed by atoms with van der Waals surface area (Å²) < 4.78 is 0. The average Bonchev–Trinajstić information content (AvgIpc) is 2.49. The summed E-state index contributed by atoms with van der Waals surface area (Å²) in [6, 6.07) is 10.5. The monoisotopic (exact) mass is 285 g/mol. The molecule has 0 saturated heterocycles. The van der Waals surface area contributed by atoms with Gasteiger partial charge < -0.3 is 10.6 Å². The molecule has 112 valence electrons. The van der Waals surface area contributed by atoms with Crippen LogP contribution in [-0.2, 0) is 11.3 Å². The molecule has 1 aromatic carbocycles. The third kappa shape index (κ3) is 4.83. The number of amides is 1. The normalized spacial score (nSPS) is 11.0. The fourth-order valence-corrected chi connectivity index (χ4v) is 2.23. The maximum atomic E-state index is 11.8. The van der Waals surface area contributed by atoms with Crippen molar-refractivity contribution < 1.29 is 4.79 Å². The summed E-state index contributed by atoms with van der Waals surface area (Å²) in [4.78, 5) is 16.2. The Labute approximate surface area is 126 Å². The zero-order chi connectivity index (χ0) is 15.1. The first-order valence-electron chi connectivity index (χ1n) is 7.49. The molecule has 1 heterocycles. The first-order valence-corrected chi connectivity index (χ1v) is 7.49. The Balaban J connectivity index is 1.83. The Morgan fingerprint density at radius 2 is 2.05 bits per heavy atom. The number of carbonyl (C=O) groups excluding carboxylic acids is 1. The lowest BCUT2D eigenvalue weighted by Crippen LogP contribution is -2.27. The van der Waals surface area contributed by atoms with Crippen LogP contribution in [0.25, 0.3) is 10.9 Å². The molecule has 0 unspecified atom stereocenters. The Bertz CT molecular complexity index is 590. The Morgan fingerprint density at radius 3 is 2.86 bits per heavy atom. The molecule has 1 amide bonds. The molecular weight excluding hydrogens is 262 g/mol. The van der Waals surface area contributed by atoms with Crippen LogP contribution in [0.5, 0.6) is 0 Å². The summed E-state index contributed by atoms with van der Waals surface area (Å²) in [5, 5.41) is 7.38. The van der Waals surface area contributed by atoms with Gasteiger partial charge in [0, 0.05) is 30.6 Å². The number of nitrogens with zero attached hydrogens (tertiary/aromatic N) is 1. The van der Waals surface area contributed by atoms with Gasteiger partial charge >= 0.3 is 0 Å². The highest BCUT2D eigenvalue weighted by atomic mass is 16.1. The number of fused-ring (bicyclic) bond motifs is 1. The lowest BCUT2D eigenvalue weighted by atomic mass is 10.1. The molecule has 0 aliphatic heterocycles. The van der Waals surface area contributed by atoms with Crippen molar-refractivity contribution in [1.29, 1.82) is 0 Å². The summed E-state index contributed by atoms with van der Waals surface area (Å²) in [5.74, 6) is 0.0912. The smallest absolute Gasteiger partial charge is 0.220 e. The standard InChI is InChI=1S/C17H23N3O/c1-13(2)18-10-5-9-16(21)20-12-15-7-3-6-14-8-4-11-19-17(14)15/h3-4,6-8,11,13,18H,5,9-10,12H2,1-2H3,(H,20,21). The maximum absolute atomic E-state index is 11.8. The summed E-state index contributed by atoms with van der Waals surface area (Å²) in [6.45, 7) is 5.62. The molecule has 1 aromatic heterocycles. The molecule has 0 fully saturated rings. The molecule has 2 N–H and O–H groups in total. The van der Waals surface area contributed by atoms with E-state index in [2.05, 4.69) is 29.5 Å². The van der Waals surface area contributed by atoms with Crippen LogP contribution in [0.2, 0.25) is 0 Å². The molecule has 21 heavy (non-hydrogen) atoms. The highest BCUT2D eigenvalue weighted by Gasteiger charge is 2.05. The van der Waals surface area contributed by atoms with Crippen molar-refractivity contribution >= 4 is 16.8 Å². The molecule has 4 heteroatoms. The minimum Gasteiger partial charge on any atom is -0.352 e. The fraction of sp³-hybridized carbons (Fsp3) is 0.412. The van der Waals surface area contributed by atoms with Gasteiger partial charge in [-0.25, -0.2) is 0 Å². The highest BCUT2D eigenvalue weighted by molar-refractivity contribution is 5.82. The number of pyridine rings is 1. The van der Waals surface area contributed by atoms with Crippen LogP contribution in [0.15, 0.2) is 36.5 Å². The second-order valence-corrected chi connectivity index (χ2v) is 5.48. The second kappa shape index (κ2) is 7.74. The van der Waals surface area contributed by atoms with Crippen LogP contribution < -0.4 is 10.6 Å². The van der Waals surface area contributed by atoms with E-state index >= 15 is 0 Å². The van der Waals surface area contributed by atoms with Crippen LogP contribution >= 0.6 is 0 Å². The predicted molar refractivity (Wildman–Crippen MR) is 86.0 cm³/mol. The van der Waals surface area contributed by atoms with E-state index in [1.807, 2.05) is 30.3 Å². The van der Waals surface area contributed by atoms with Crippen molar-refractivity contribution in [1.82, 2.24) is 15.6 Å². The average molecular weight is 285 g/mol. The lowest BCUT2D eigenvalue weighted by Gasteiger charge is -2.09. The van der Waals surface area contributed by atoms with E-state index in [1.165, 1.54) is 0 Å². The molecule has 2 rings (SSSR count). The van der Waals surface area contributed by atoms with Gasteiger partial charge in [-0.1, -0.05) is 38.1 Å².